The van der Waals surface area contributed by atoms with Gasteiger partial charge >= 0.3 is 0 Å². The predicted molar refractivity (Wildman–Crippen MR) is 179 cm³/mol. The first-order valence-corrected chi connectivity index (χ1v) is 16.9. The minimum atomic E-state index is -0.897. The van der Waals surface area contributed by atoms with Crippen molar-refractivity contribution >= 4 is 46.2 Å². The fraction of sp³-hybridized carbons (Fsp3) is 0.400. The highest BCUT2D eigenvalue weighted by atomic mass is 32.2. The summed E-state index contributed by atoms with van der Waals surface area (Å²) in [5, 5.41) is 25.2. The third-order valence-corrected chi connectivity index (χ3v) is 11.9. The van der Waals surface area contributed by atoms with E-state index < -0.39 is 33.4 Å². The number of aromatic nitrogens is 3. The van der Waals surface area contributed by atoms with Crippen LogP contribution in [0.3, 0.4) is 0 Å². The van der Waals surface area contributed by atoms with Crippen LogP contribution in [-0.4, -0.2) is 77.5 Å². The molecule has 11 nitrogen and oxygen atoms in total. The molecule has 3 aliphatic heterocycles. The van der Waals surface area contributed by atoms with E-state index in [0.717, 1.165) is 11.1 Å². The smallest absolute Gasteiger partial charge is 0.245 e. The lowest BCUT2D eigenvalue weighted by Crippen LogP contribution is -2.57. The second-order valence-electron chi connectivity index (χ2n) is 12.7. The minimum absolute atomic E-state index is 0.0602. The van der Waals surface area contributed by atoms with Crippen LogP contribution in [-0.2, 0) is 27.5 Å². The molecule has 3 N–H and O–H groups in total. The Labute approximate surface area is 277 Å². The van der Waals surface area contributed by atoms with Crippen LogP contribution >= 0.6 is 11.8 Å². The van der Waals surface area contributed by atoms with Crippen LogP contribution in [0.5, 0.6) is 5.75 Å². The summed E-state index contributed by atoms with van der Waals surface area (Å²) in [4.78, 5) is 44.8. The molecule has 2 bridgehead atoms. The fourth-order valence-electron chi connectivity index (χ4n) is 7.90. The first-order valence-electron chi connectivity index (χ1n) is 16.0. The highest BCUT2D eigenvalue weighted by molar-refractivity contribution is 8.02. The topological polar surface area (TPSA) is 139 Å². The maximum absolute atomic E-state index is 14.7. The number of para-hydroxylation sites is 1. The number of carbonyl (C=O) groups excluding carboxylic acids is 3. The largest absolute Gasteiger partial charge is 0.494 e. The van der Waals surface area contributed by atoms with Gasteiger partial charge in [0.2, 0.25) is 17.7 Å². The zero-order chi connectivity index (χ0) is 32.8. The van der Waals surface area contributed by atoms with E-state index >= 15 is 0 Å². The van der Waals surface area contributed by atoms with Crippen LogP contribution in [0.25, 0.3) is 11.0 Å². The summed E-state index contributed by atoms with van der Waals surface area (Å²) < 4.78 is 5.77. The summed E-state index contributed by atoms with van der Waals surface area (Å²) in [7, 11) is 0. The van der Waals surface area contributed by atoms with Crippen molar-refractivity contribution in [2.45, 2.75) is 61.4 Å². The lowest BCUT2D eigenvalue weighted by molar-refractivity contribution is -0.142. The molecular formula is C35H38N6O5S. The average molecular weight is 655 g/mol. The number of aliphatic hydroxyl groups excluding tert-OH is 1. The van der Waals surface area contributed by atoms with Crippen molar-refractivity contribution in [3.63, 3.8) is 0 Å². The quantitative estimate of drug-likeness (QED) is 0.223. The van der Waals surface area contributed by atoms with Crippen molar-refractivity contribution in [2.75, 3.05) is 18.5 Å². The molecule has 2 unspecified atom stereocenters. The summed E-state index contributed by atoms with van der Waals surface area (Å²) in [5.41, 5.74) is 3.03. The molecule has 3 fully saturated rings. The van der Waals surface area contributed by atoms with Gasteiger partial charge in [-0.15, -0.1) is 16.9 Å². The van der Waals surface area contributed by atoms with E-state index in [1.807, 2.05) is 68.4 Å². The number of nitrogens with zero attached hydrogens (tertiary/aromatic N) is 4. The van der Waals surface area contributed by atoms with E-state index in [0.29, 0.717) is 42.8 Å². The third-order valence-electron chi connectivity index (χ3n) is 9.92. The lowest BCUT2D eigenvalue weighted by atomic mass is 9.66. The molecule has 4 aromatic rings. The van der Waals surface area contributed by atoms with Gasteiger partial charge in [0.25, 0.3) is 0 Å². The Kier molecular flexibility index (Phi) is 8.17. The fourth-order valence-corrected chi connectivity index (χ4v) is 10.2. The van der Waals surface area contributed by atoms with Gasteiger partial charge in [-0.25, -0.2) is 4.68 Å². The number of rotatable bonds is 11. The summed E-state index contributed by atoms with van der Waals surface area (Å²) >= 11 is 1.59. The van der Waals surface area contributed by atoms with E-state index in [1.165, 1.54) is 0 Å². The Morgan fingerprint density at radius 2 is 1.79 bits per heavy atom. The molecule has 12 heteroatoms. The molecule has 7 rings (SSSR count). The van der Waals surface area contributed by atoms with Crippen molar-refractivity contribution in [2.24, 2.45) is 11.8 Å². The standard InChI is InChI=1S/C35H38N6O5S/c1-3-46-25-15-13-23(14-16-25)37-31(43)28-29-33(45)41(24(20-42)19-22-9-5-4-6-10-22)30(35(29)18-17-34(28,2)47-35)32(44)36-21-40-27-12-8-7-11-26(27)38-39-40/h4-16,24,28-30,42H,3,17-21H2,1-2H3,(H,36,44)(H,37,43)/t24-,28+,29+,30?,34-,35?/m1/s1. The molecule has 4 heterocycles. The number of nitrogens with one attached hydrogen (secondary N) is 2. The van der Waals surface area contributed by atoms with Crippen LogP contribution in [0, 0.1) is 11.8 Å². The van der Waals surface area contributed by atoms with Crippen LogP contribution in [0.1, 0.15) is 32.3 Å². The molecule has 3 aromatic carbocycles. The predicted octanol–water partition coefficient (Wildman–Crippen LogP) is 3.63. The number of benzene rings is 3. The maximum atomic E-state index is 14.7. The first kappa shape index (κ1) is 31.2. The normalized spacial score (nSPS) is 26.7. The monoisotopic (exact) mass is 654 g/mol. The second-order valence-corrected chi connectivity index (χ2v) is 14.6. The molecule has 0 radical (unpaired) electrons. The van der Waals surface area contributed by atoms with Crippen LogP contribution in [0.2, 0.25) is 0 Å². The van der Waals surface area contributed by atoms with Gasteiger partial charge in [0, 0.05) is 10.4 Å². The minimum Gasteiger partial charge on any atom is -0.494 e. The highest BCUT2D eigenvalue weighted by Crippen LogP contribution is 2.71. The van der Waals surface area contributed by atoms with Gasteiger partial charge in [0.1, 0.15) is 24.0 Å². The molecule has 244 valence electrons. The van der Waals surface area contributed by atoms with Crippen LogP contribution in [0.4, 0.5) is 5.69 Å². The summed E-state index contributed by atoms with van der Waals surface area (Å²) in [6.07, 6.45) is 1.65. The van der Waals surface area contributed by atoms with Gasteiger partial charge in [-0.05, 0) is 75.1 Å². The number of carbonyl (C=O) groups is 3. The summed E-state index contributed by atoms with van der Waals surface area (Å²) in [5.74, 6) is -1.56. The Morgan fingerprint density at radius 3 is 2.53 bits per heavy atom. The molecular weight excluding hydrogens is 616 g/mol. The molecule has 0 aliphatic carbocycles. The highest BCUT2D eigenvalue weighted by Gasteiger charge is 2.77. The molecule has 47 heavy (non-hydrogen) atoms. The summed E-state index contributed by atoms with van der Waals surface area (Å²) in [6, 6.07) is 22.7. The number of aliphatic hydroxyl groups is 1. The SMILES string of the molecule is CCOc1ccc(NC(=O)[C@@H]2[C@H]3C(=O)N([C@@H](CO)Cc4ccccc4)C(C(=O)NCn4nnc5ccccc54)C34CC[C@@]2(C)S4)cc1. The first-order chi connectivity index (χ1) is 22.8. The van der Waals surface area contributed by atoms with Crippen molar-refractivity contribution in [1.29, 1.82) is 0 Å². The molecule has 3 saturated heterocycles. The molecule has 0 saturated carbocycles. The third kappa shape index (κ3) is 5.33. The van der Waals surface area contributed by atoms with E-state index in [9.17, 15) is 19.5 Å². The van der Waals surface area contributed by atoms with Crippen LogP contribution in [0.15, 0.2) is 78.9 Å². The Bertz CT molecular complexity index is 1800. The number of hydrogen-bond donors (Lipinski definition) is 3. The number of thioether (sulfide) groups is 1. The summed E-state index contributed by atoms with van der Waals surface area (Å²) in [6.45, 7) is 4.21. The molecule has 3 aliphatic rings. The van der Waals surface area contributed by atoms with Gasteiger partial charge in [-0.3, -0.25) is 14.4 Å². The van der Waals surface area contributed by atoms with Crippen molar-refractivity contribution in [1.82, 2.24) is 25.2 Å². The van der Waals surface area contributed by atoms with Crippen molar-refractivity contribution in [3.8, 4) is 5.75 Å². The number of likely N-dealkylation sites (tertiary alicyclic amines) is 1. The Hall–Kier alpha value is -4.42. The number of anilines is 1. The van der Waals surface area contributed by atoms with Gasteiger partial charge < -0.3 is 25.4 Å². The van der Waals surface area contributed by atoms with E-state index in [2.05, 4.69) is 20.9 Å². The number of hydrogen-bond acceptors (Lipinski definition) is 8. The zero-order valence-electron chi connectivity index (χ0n) is 26.3. The lowest BCUT2D eigenvalue weighted by Gasteiger charge is -2.37. The van der Waals surface area contributed by atoms with Gasteiger partial charge in [-0.1, -0.05) is 47.7 Å². The van der Waals surface area contributed by atoms with Gasteiger partial charge in [-0.2, -0.15) is 0 Å². The van der Waals surface area contributed by atoms with Gasteiger partial charge in [0.05, 0.1) is 41.4 Å². The van der Waals surface area contributed by atoms with Crippen molar-refractivity contribution in [3.05, 3.63) is 84.4 Å². The molecule has 1 spiro atoms. The van der Waals surface area contributed by atoms with Crippen molar-refractivity contribution < 1.29 is 24.2 Å². The Morgan fingerprint density at radius 1 is 1.04 bits per heavy atom. The molecule has 6 atom stereocenters. The van der Waals surface area contributed by atoms with E-state index in [-0.39, 0.29) is 31.0 Å². The second kappa shape index (κ2) is 12.3. The van der Waals surface area contributed by atoms with Gasteiger partial charge in [0.15, 0.2) is 0 Å². The average Bonchev–Trinajstić information content (AvgIpc) is 3.79. The van der Waals surface area contributed by atoms with E-state index in [1.54, 1.807) is 45.6 Å². The maximum Gasteiger partial charge on any atom is 0.245 e. The number of ether oxygens (including phenoxy) is 1. The zero-order valence-corrected chi connectivity index (χ0v) is 27.2. The Balaban J connectivity index is 1.22. The number of fused-ring (bicyclic) bond motifs is 2. The van der Waals surface area contributed by atoms with Crippen LogP contribution < -0.4 is 15.4 Å². The number of amides is 3. The molecule has 3 amide bonds. The van der Waals surface area contributed by atoms with E-state index in [4.69, 9.17) is 4.74 Å². The molecule has 1 aromatic heterocycles.